The van der Waals surface area contributed by atoms with Crippen LogP contribution in [0.5, 0.6) is 0 Å². The minimum Gasteiger partial charge on any atom is -0.469 e. The highest BCUT2D eigenvalue weighted by molar-refractivity contribution is 5.60. The third kappa shape index (κ3) is 1.05. The van der Waals surface area contributed by atoms with Crippen molar-refractivity contribution in [2.45, 2.75) is 13.8 Å². The Morgan fingerprint density at radius 2 is 2.00 bits per heavy atom. The Hall–Kier alpha value is -1.44. The zero-order chi connectivity index (χ0) is 8.55. The highest BCUT2D eigenvalue weighted by Crippen LogP contribution is 2.25. The van der Waals surface area contributed by atoms with Crippen molar-refractivity contribution in [3.63, 3.8) is 0 Å². The van der Waals surface area contributed by atoms with Crippen LogP contribution in [0.3, 0.4) is 0 Å². The van der Waals surface area contributed by atoms with E-state index in [0.717, 1.165) is 22.6 Å². The Morgan fingerprint density at radius 1 is 1.17 bits per heavy atom. The average Bonchev–Trinajstić information content (AvgIpc) is 2.58. The first-order valence-corrected chi connectivity index (χ1v) is 3.87. The van der Waals surface area contributed by atoms with E-state index in [1.165, 1.54) is 0 Å². The van der Waals surface area contributed by atoms with Gasteiger partial charge in [0.25, 0.3) is 0 Å². The Morgan fingerprint density at radius 3 is 2.50 bits per heavy atom. The van der Waals surface area contributed by atoms with Crippen LogP contribution in [0.15, 0.2) is 33.5 Å². The largest absolute Gasteiger partial charge is 0.469 e. The van der Waals surface area contributed by atoms with E-state index in [1.807, 2.05) is 26.0 Å². The SMILES string of the molecule is Cc1cc(-c2occc2C)co1. The fraction of sp³-hybridized carbons (Fsp3) is 0.200. The number of rotatable bonds is 1. The van der Waals surface area contributed by atoms with E-state index in [1.54, 1.807) is 12.5 Å². The summed E-state index contributed by atoms with van der Waals surface area (Å²) < 4.78 is 10.5. The summed E-state index contributed by atoms with van der Waals surface area (Å²) in [7, 11) is 0. The molecule has 0 aliphatic heterocycles. The number of aryl methyl sites for hydroxylation is 2. The quantitative estimate of drug-likeness (QED) is 0.643. The second-order valence-electron chi connectivity index (χ2n) is 2.88. The highest BCUT2D eigenvalue weighted by Gasteiger charge is 2.06. The average molecular weight is 162 g/mol. The Balaban J connectivity index is 2.50. The van der Waals surface area contributed by atoms with Gasteiger partial charge in [-0.2, -0.15) is 0 Å². The van der Waals surface area contributed by atoms with Crippen molar-refractivity contribution in [1.29, 1.82) is 0 Å². The first-order chi connectivity index (χ1) is 5.77. The van der Waals surface area contributed by atoms with E-state index in [0.29, 0.717) is 0 Å². The Kier molecular flexibility index (Phi) is 1.54. The first kappa shape index (κ1) is 7.22. The van der Waals surface area contributed by atoms with Crippen LogP contribution in [0.2, 0.25) is 0 Å². The van der Waals surface area contributed by atoms with Crippen molar-refractivity contribution in [3.8, 4) is 11.3 Å². The van der Waals surface area contributed by atoms with Crippen LogP contribution >= 0.6 is 0 Å². The summed E-state index contributed by atoms with van der Waals surface area (Å²) in [5.74, 6) is 1.80. The zero-order valence-corrected chi connectivity index (χ0v) is 7.13. The van der Waals surface area contributed by atoms with Gasteiger partial charge in [-0.25, -0.2) is 0 Å². The molecule has 0 unspecified atom stereocenters. The van der Waals surface area contributed by atoms with Crippen molar-refractivity contribution in [2.75, 3.05) is 0 Å². The van der Waals surface area contributed by atoms with Crippen LogP contribution < -0.4 is 0 Å². The van der Waals surface area contributed by atoms with Gasteiger partial charge in [0.2, 0.25) is 0 Å². The van der Waals surface area contributed by atoms with Crippen LogP contribution in [-0.4, -0.2) is 0 Å². The van der Waals surface area contributed by atoms with E-state index >= 15 is 0 Å². The topological polar surface area (TPSA) is 26.3 Å². The summed E-state index contributed by atoms with van der Waals surface area (Å²) in [6.45, 7) is 3.93. The molecule has 0 spiro atoms. The molecule has 2 heteroatoms. The molecule has 2 aromatic rings. The maximum atomic E-state index is 5.30. The smallest absolute Gasteiger partial charge is 0.139 e. The van der Waals surface area contributed by atoms with Crippen molar-refractivity contribution in [2.24, 2.45) is 0 Å². The van der Waals surface area contributed by atoms with E-state index in [4.69, 9.17) is 8.83 Å². The second kappa shape index (κ2) is 2.55. The molecule has 12 heavy (non-hydrogen) atoms. The number of furan rings is 2. The lowest BCUT2D eigenvalue weighted by atomic mass is 10.2. The molecule has 0 atom stereocenters. The highest BCUT2D eigenvalue weighted by atomic mass is 16.3. The first-order valence-electron chi connectivity index (χ1n) is 3.87. The maximum Gasteiger partial charge on any atom is 0.139 e. The molecule has 0 aliphatic rings. The number of hydrogen-bond acceptors (Lipinski definition) is 2. The van der Waals surface area contributed by atoms with Gasteiger partial charge in [-0.05, 0) is 31.5 Å². The van der Waals surface area contributed by atoms with Gasteiger partial charge in [-0.3, -0.25) is 0 Å². The summed E-state index contributed by atoms with van der Waals surface area (Å²) in [4.78, 5) is 0. The Labute approximate surface area is 70.8 Å². The summed E-state index contributed by atoms with van der Waals surface area (Å²) >= 11 is 0. The van der Waals surface area contributed by atoms with Gasteiger partial charge in [0.1, 0.15) is 17.8 Å². The van der Waals surface area contributed by atoms with Gasteiger partial charge in [0.15, 0.2) is 0 Å². The molecule has 2 rings (SSSR count). The predicted molar refractivity (Wildman–Crippen MR) is 45.9 cm³/mol. The third-order valence-corrected chi connectivity index (χ3v) is 1.85. The molecular weight excluding hydrogens is 152 g/mol. The van der Waals surface area contributed by atoms with Gasteiger partial charge >= 0.3 is 0 Å². The molecule has 0 saturated heterocycles. The van der Waals surface area contributed by atoms with E-state index in [9.17, 15) is 0 Å². The van der Waals surface area contributed by atoms with Crippen LogP contribution in [0.4, 0.5) is 0 Å². The zero-order valence-electron chi connectivity index (χ0n) is 7.13. The fourth-order valence-corrected chi connectivity index (χ4v) is 1.23. The van der Waals surface area contributed by atoms with Crippen LogP contribution in [0, 0.1) is 13.8 Å². The normalized spacial score (nSPS) is 10.5. The minimum atomic E-state index is 0.895. The predicted octanol–water partition coefficient (Wildman–Crippen LogP) is 3.16. The maximum absolute atomic E-state index is 5.30. The minimum absolute atomic E-state index is 0.895. The van der Waals surface area contributed by atoms with Gasteiger partial charge < -0.3 is 8.83 Å². The lowest BCUT2D eigenvalue weighted by Gasteiger charge is -1.90. The molecule has 0 aliphatic carbocycles. The van der Waals surface area contributed by atoms with Crippen molar-refractivity contribution < 1.29 is 8.83 Å². The molecule has 2 aromatic heterocycles. The van der Waals surface area contributed by atoms with E-state index in [-0.39, 0.29) is 0 Å². The van der Waals surface area contributed by atoms with Gasteiger partial charge in [-0.15, -0.1) is 0 Å². The lowest BCUT2D eigenvalue weighted by Crippen LogP contribution is -1.70. The molecule has 0 saturated carbocycles. The molecule has 0 N–H and O–H groups in total. The van der Waals surface area contributed by atoms with Crippen molar-refractivity contribution in [1.82, 2.24) is 0 Å². The third-order valence-electron chi connectivity index (χ3n) is 1.85. The molecular formula is C10H10O2. The molecule has 0 radical (unpaired) electrons. The standard InChI is InChI=1S/C10H10O2/c1-7-3-4-11-10(7)9-5-8(2)12-6-9/h3-6H,1-2H3. The summed E-state index contributed by atoms with van der Waals surface area (Å²) in [6, 6.07) is 3.91. The molecule has 2 heterocycles. The summed E-state index contributed by atoms with van der Waals surface area (Å²) in [5.41, 5.74) is 2.14. The molecule has 0 aromatic carbocycles. The van der Waals surface area contributed by atoms with E-state index < -0.39 is 0 Å². The molecule has 0 amide bonds. The van der Waals surface area contributed by atoms with Crippen LogP contribution in [0.25, 0.3) is 11.3 Å². The molecule has 2 nitrogen and oxygen atoms in total. The van der Waals surface area contributed by atoms with Gasteiger partial charge in [-0.1, -0.05) is 0 Å². The van der Waals surface area contributed by atoms with Crippen molar-refractivity contribution >= 4 is 0 Å². The summed E-state index contributed by atoms with van der Waals surface area (Å²) in [5, 5.41) is 0. The second-order valence-corrected chi connectivity index (χ2v) is 2.88. The lowest BCUT2D eigenvalue weighted by molar-refractivity contribution is 0.532. The monoisotopic (exact) mass is 162 g/mol. The van der Waals surface area contributed by atoms with Gasteiger partial charge in [0, 0.05) is 0 Å². The number of hydrogen-bond donors (Lipinski definition) is 0. The van der Waals surface area contributed by atoms with Crippen molar-refractivity contribution in [3.05, 3.63) is 36.0 Å². The summed E-state index contributed by atoms with van der Waals surface area (Å²) in [6.07, 6.45) is 3.40. The van der Waals surface area contributed by atoms with Crippen LogP contribution in [-0.2, 0) is 0 Å². The Bertz CT molecular complexity index is 382. The van der Waals surface area contributed by atoms with Crippen LogP contribution in [0.1, 0.15) is 11.3 Å². The molecule has 62 valence electrons. The molecule has 0 fully saturated rings. The van der Waals surface area contributed by atoms with E-state index in [2.05, 4.69) is 0 Å². The fourth-order valence-electron chi connectivity index (χ4n) is 1.23. The molecule has 0 bridgehead atoms. The van der Waals surface area contributed by atoms with Gasteiger partial charge in [0.05, 0.1) is 11.8 Å².